The minimum absolute atomic E-state index is 0.0900. The van der Waals surface area contributed by atoms with Crippen LogP contribution in [-0.2, 0) is 9.59 Å². The van der Waals surface area contributed by atoms with Crippen LogP contribution in [0.1, 0.15) is 0 Å². The summed E-state index contributed by atoms with van der Waals surface area (Å²) in [6, 6.07) is 5.06. The van der Waals surface area contributed by atoms with Crippen LogP contribution in [0.5, 0.6) is 0 Å². The van der Waals surface area contributed by atoms with E-state index in [1.165, 1.54) is 18.2 Å². The molecule has 0 saturated heterocycles. The molecule has 7 nitrogen and oxygen atoms in total. The minimum Gasteiger partial charge on any atom is -0.477 e. The smallest absolute Gasteiger partial charge is 0.349 e. The van der Waals surface area contributed by atoms with E-state index in [0.717, 1.165) is 6.07 Å². The molecule has 2 N–H and O–H groups in total. The predicted molar refractivity (Wildman–Crippen MR) is 68.1 cm³/mol. The van der Waals surface area contributed by atoms with Crippen molar-refractivity contribution in [3.63, 3.8) is 0 Å². The first kappa shape index (κ1) is 14.9. The van der Waals surface area contributed by atoms with Gasteiger partial charge >= 0.3 is 5.97 Å². The summed E-state index contributed by atoms with van der Waals surface area (Å²) < 4.78 is 0. The van der Waals surface area contributed by atoms with Crippen molar-refractivity contribution in [3.05, 3.63) is 44.4 Å². The van der Waals surface area contributed by atoms with Crippen molar-refractivity contribution in [3.8, 4) is 0 Å². The van der Waals surface area contributed by atoms with E-state index in [0.29, 0.717) is 0 Å². The Kier molecular flexibility index (Phi) is 4.85. The second kappa shape index (κ2) is 6.17. The summed E-state index contributed by atoms with van der Waals surface area (Å²) in [6.45, 7) is 0. The molecule has 0 atom stereocenters. The third-order valence-electron chi connectivity index (χ3n) is 1.89. The van der Waals surface area contributed by atoms with Crippen molar-refractivity contribution in [2.45, 2.75) is 0 Å². The molecule has 0 aromatic heterocycles. The number of hydrogen-bond acceptors (Lipinski definition) is 4. The quantitative estimate of drug-likeness (QED) is 0.504. The Balaban J connectivity index is 2.95. The zero-order valence-corrected chi connectivity index (χ0v) is 10.6. The average Bonchev–Trinajstić information content (AvgIpc) is 2.37. The van der Waals surface area contributed by atoms with Crippen LogP contribution in [0.4, 0.5) is 11.4 Å². The molecule has 0 aliphatic carbocycles. The molecule has 1 amide bonds. The lowest BCUT2D eigenvalue weighted by Crippen LogP contribution is -2.14. The van der Waals surface area contributed by atoms with Crippen LogP contribution < -0.4 is 5.32 Å². The molecular formula is C10H6Cl2N2O5. The molecule has 0 heterocycles. The van der Waals surface area contributed by atoms with E-state index in [2.05, 4.69) is 5.32 Å². The van der Waals surface area contributed by atoms with Gasteiger partial charge in [-0.2, -0.15) is 0 Å². The number of nitrogens with zero attached hydrogens (tertiary/aromatic N) is 1. The van der Waals surface area contributed by atoms with Crippen molar-refractivity contribution in [2.24, 2.45) is 0 Å². The topological polar surface area (TPSA) is 110 Å². The summed E-state index contributed by atoms with van der Waals surface area (Å²) >= 11 is 10.7. The standard InChI is InChI=1S/C10H6Cl2N2O5/c11-7(8(12)10(16)17)9(15)13-5-2-1-3-6(4-5)14(18)19/h1-4H,(H,13,15)(H,16,17)/b8-7+. The number of nitro groups is 1. The number of nitrogens with one attached hydrogen (secondary N) is 1. The van der Waals surface area contributed by atoms with E-state index in [1.807, 2.05) is 0 Å². The fraction of sp³-hybridized carbons (Fsp3) is 0. The Bertz CT molecular complexity index is 585. The largest absolute Gasteiger partial charge is 0.477 e. The Morgan fingerprint density at radius 3 is 2.42 bits per heavy atom. The van der Waals surface area contributed by atoms with Gasteiger partial charge in [0.25, 0.3) is 11.6 Å². The van der Waals surface area contributed by atoms with Gasteiger partial charge in [-0.1, -0.05) is 29.3 Å². The van der Waals surface area contributed by atoms with Gasteiger partial charge in [-0.05, 0) is 6.07 Å². The number of carbonyl (C=O) groups excluding carboxylic acids is 1. The molecule has 1 aromatic carbocycles. The number of nitro benzene ring substituents is 1. The van der Waals surface area contributed by atoms with Crippen LogP contribution in [0, 0.1) is 10.1 Å². The Morgan fingerprint density at radius 1 is 1.26 bits per heavy atom. The highest BCUT2D eigenvalue weighted by Crippen LogP contribution is 2.20. The number of halogens is 2. The molecule has 0 saturated carbocycles. The molecule has 0 unspecified atom stereocenters. The van der Waals surface area contributed by atoms with Crippen LogP contribution in [-0.4, -0.2) is 21.9 Å². The maximum atomic E-state index is 11.5. The number of rotatable bonds is 4. The molecule has 1 aromatic rings. The van der Waals surface area contributed by atoms with Gasteiger partial charge in [0.15, 0.2) is 0 Å². The number of carboxylic acid groups (broad SMARTS) is 1. The van der Waals surface area contributed by atoms with Crippen LogP contribution in [0.25, 0.3) is 0 Å². The van der Waals surface area contributed by atoms with Gasteiger partial charge in [-0.25, -0.2) is 4.79 Å². The number of non-ortho nitro benzene ring substituents is 1. The maximum absolute atomic E-state index is 11.5. The van der Waals surface area contributed by atoms with Crippen molar-refractivity contribution >= 4 is 46.5 Å². The molecule has 0 aliphatic rings. The highest BCUT2D eigenvalue weighted by Gasteiger charge is 2.17. The molecule has 0 spiro atoms. The van der Waals surface area contributed by atoms with Gasteiger partial charge in [0.05, 0.1) is 4.92 Å². The van der Waals surface area contributed by atoms with Gasteiger partial charge in [0, 0.05) is 17.8 Å². The van der Waals surface area contributed by atoms with E-state index in [4.69, 9.17) is 28.3 Å². The average molecular weight is 305 g/mol. The lowest BCUT2D eigenvalue weighted by Gasteiger charge is -2.04. The summed E-state index contributed by atoms with van der Waals surface area (Å²) in [5.41, 5.74) is -0.144. The normalized spacial score (nSPS) is 11.5. The van der Waals surface area contributed by atoms with Gasteiger partial charge in [-0.15, -0.1) is 0 Å². The number of anilines is 1. The highest BCUT2D eigenvalue weighted by molar-refractivity contribution is 6.54. The molecule has 100 valence electrons. The van der Waals surface area contributed by atoms with Gasteiger partial charge in [0.2, 0.25) is 0 Å². The Hall–Kier alpha value is -2.12. The lowest BCUT2D eigenvalue weighted by atomic mass is 10.3. The molecule has 19 heavy (non-hydrogen) atoms. The zero-order chi connectivity index (χ0) is 14.6. The molecule has 9 heteroatoms. The summed E-state index contributed by atoms with van der Waals surface area (Å²) in [5.74, 6) is -2.53. The molecule has 0 radical (unpaired) electrons. The molecular weight excluding hydrogens is 299 g/mol. The van der Waals surface area contributed by atoms with E-state index in [-0.39, 0.29) is 11.4 Å². The molecule has 0 aliphatic heterocycles. The lowest BCUT2D eigenvalue weighted by molar-refractivity contribution is -0.384. The second-order valence-electron chi connectivity index (χ2n) is 3.19. The van der Waals surface area contributed by atoms with E-state index >= 15 is 0 Å². The summed E-state index contributed by atoms with van der Waals surface area (Å²) in [5, 5.41) is 19.7. The van der Waals surface area contributed by atoms with E-state index in [9.17, 15) is 19.7 Å². The van der Waals surface area contributed by atoms with Gasteiger partial charge in [-0.3, -0.25) is 14.9 Å². The number of benzene rings is 1. The summed E-state index contributed by atoms with van der Waals surface area (Å²) in [4.78, 5) is 31.9. The number of aliphatic carboxylic acids is 1. The predicted octanol–water partition coefficient (Wildman–Crippen LogP) is 2.31. The van der Waals surface area contributed by atoms with Crippen molar-refractivity contribution in [2.75, 3.05) is 5.32 Å². The number of carboxylic acids is 1. The molecule has 0 bridgehead atoms. The first-order valence-corrected chi connectivity index (χ1v) is 5.43. The van der Waals surface area contributed by atoms with Crippen molar-refractivity contribution in [1.82, 2.24) is 0 Å². The van der Waals surface area contributed by atoms with Crippen LogP contribution in [0.3, 0.4) is 0 Å². The van der Waals surface area contributed by atoms with Crippen LogP contribution in [0.2, 0.25) is 0 Å². The third kappa shape index (κ3) is 3.94. The fourth-order valence-electron chi connectivity index (χ4n) is 1.08. The van der Waals surface area contributed by atoms with Crippen molar-refractivity contribution in [1.29, 1.82) is 0 Å². The minimum atomic E-state index is -1.55. The Labute approximate surface area is 116 Å². The molecule has 1 rings (SSSR count). The van der Waals surface area contributed by atoms with Crippen molar-refractivity contribution < 1.29 is 19.6 Å². The van der Waals surface area contributed by atoms with E-state index < -0.39 is 26.9 Å². The first-order valence-electron chi connectivity index (χ1n) is 4.67. The number of carbonyl (C=O) groups is 2. The SMILES string of the molecule is O=C(O)/C(Cl)=C(\Cl)C(=O)Nc1cccc([N+](=O)[O-])c1. The zero-order valence-electron chi connectivity index (χ0n) is 9.09. The third-order valence-corrected chi connectivity index (χ3v) is 2.70. The highest BCUT2D eigenvalue weighted by atomic mass is 35.5. The fourth-order valence-corrected chi connectivity index (χ4v) is 1.29. The molecule has 0 fully saturated rings. The first-order chi connectivity index (χ1) is 8.82. The van der Waals surface area contributed by atoms with Crippen LogP contribution in [0.15, 0.2) is 34.3 Å². The van der Waals surface area contributed by atoms with Crippen LogP contribution >= 0.6 is 23.2 Å². The number of amides is 1. The van der Waals surface area contributed by atoms with Gasteiger partial charge < -0.3 is 10.4 Å². The maximum Gasteiger partial charge on any atom is 0.349 e. The van der Waals surface area contributed by atoms with E-state index in [1.54, 1.807) is 0 Å². The summed E-state index contributed by atoms with van der Waals surface area (Å²) in [6.07, 6.45) is 0. The second-order valence-corrected chi connectivity index (χ2v) is 3.95. The summed E-state index contributed by atoms with van der Waals surface area (Å²) in [7, 11) is 0. The van der Waals surface area contributed by atoms with Gasteiger partial charge in [0.1, 0.15) is 10.1 Å². The monoisotopic (exact) mass is 304 g/mol. The number of hydrogen-bond donors (Lipinski definition) is 2. The Morgan fingerprint density at radius 2 is 1.89 bits per heavy atom.